The molecule has 0 bridgehead atoms. The van der Waals surface area contributed by atoms with Crippen molar-refractivity contribution in [3.8, 4) is 28.6 Å². The molecule has 196 valence electrons. The fourth-order valence-corrected chi connectivity index (χ4v) is 4.70. The van der Waals surface area contributed by atoms with E-state index in [-0.39, 0.29) is 26.6 Å². The van der Waals surface area contributed by atoms with Crippen LogP contribution in [0, 0.1) is 20.8 Å². The Bertz CT molecular complexity index is 1600. The van der Waals surface area contributed by atoms with Gasteiger partial charge in [-0.25, -0.2) is 14.7 Å². The van der Waals surface area contributed by atoms with Gasteiger partial charge in [0, 0.05) is 16.0 Å². The minimum absolute atomic E-state index is 0. The van der Waals surface area contributed by atoms with Crippen molar-refractivity contribution in [2.45, 2.75) is 25.8 Å². The first-order valence-corrected chi connectivity index (χ1v) is 12.6. The zero-order chi connectivity index (χ0) is 26.7. The SMILES string of the molecule is COc1cncc(-c2ccc(C(=O)NS(=O)(=O)c3cccc(N)n3)c(Oc3c(C)cc(C)cc3C)n2)c1.[HH].[HH].[HH]. The lowest BCUT2D eigenvalue weighted by atomic mass is 10.1. The average Bonchev–Trinajstić information content (AvgIpc) is 2.86. The van der Waals surface area contributed by atoms with E-state index in [4.69, 9.17) is 15.2 Å². The van der Waals surface area contributed by atoms with Crippen LogP contribution in [0.3, 0.4) is 0 Å². The van der Waals surface area contributed by atoms with E-state index in [0.29, 0.717) is 22.8 Å². The number of benzene rings is 1. The van der Waals surface area contributed by atoms with Gasteiger partial charge >= 0.3 is 0 Å². The van der Waals surface area contributed by atoms with Crippen molar-refractivity contribution in [2.75, 3.05) is 12.8 Å². The summed E-state index contributed by atoms with van der Waals surface area (Å²) in [7, 11) is -2.79. The fourth-order valence-electron chi connectivity index (χ4n) is 3.76. The van der Waals surface area contributed by atoms with Crippen LogP contribution >= 0.6 is 0 Å². The van der Waals surface area contributed by atoms with Gasteiger partial charge in [0.1, 0.15) is 22.9 Å². The van der Waals surface area contributed by atoms with Gasteiger partial charge < -0.3 is 15.2 Å². The lowest BCUT2D eigenvalue weighted by Crippen LogP contribution is -2.31. The standard InChI is InChI=1S/C26H25N5O5S.3H2/c1-15-10-16(2)24(17(3)11-15)36-26-20(8-9-21(29-26)18-12-19(35-4)14-28-13-18)25(32)31-37(33,34)23-7-5-6-22(27)30-23;;;/h5-14H,1-4H3,(H2,27,30)(H,31,32);3*1H. The monoisotopic (exact) mass is 525 g/mol. The molecule has 0 saturated carbocycles. The highest BCUT2D eigenvalue weighted by molar-refractivity contribution is 7.90. The maximum absolute atomic E-state index is 13.2. The Morgan fingerprint density at radius 1 is 1.00 bits per heavy atom. The molecule has 0 aliphatic heterocycles. The largest absolute Gasteiger partial charge is 0.495 e. The van der Waals surface area contributed by atoms with Crippen molar-refractivity contribution in [2.24, 2.45) is 0 Å². The number of pyridine rings is 3. The van der Waals surface area contributed by atoms with E-state index in [9.17, 15) is 13.2 Å². The molecule has 3 aromatic heterocycles. The van der Waals surface area contributed by atoms with Crippen molar-refractivity contribution in [1.29, 1.82) is 0 Å². The number of nitrogens with one attached hydrogen (secondary N) is 1. The fraction of sp³-hybridized carbons (Fsp3) is 0.154. The van der Waals surface area contributed by atoms with Gasteiger partial charge in [0.05, 0.1) is 19.0 Å². The number of carbonyl (C=O) groups is 1. The van der Waals surface area contributed by atoms with Crippen LogP contribution in [0.25, 0.3) is 11.3 Å². The first-order valence-electron chi connectivity index (χ1n) is 11.1. The second-order valence-corrected chi connectivity index (χ2v) is 9.96. The van der Waals surface area contributed by atoms with Gasteiger partial charge in [-0.1, -0.05) is 23.8 Å². The molecule has 0 saturated heterocycles. The quantitative estimate of drug-likeness (QED) is 0.350. The van der Waals surface area contributed by atoms with Gasteiger partial charge in [-0.3, -0.25) is 9.78 Å². The summed E-state index contributed by atoms with van der Waals surface area (Å²) in [6, 6.07) is 12.7. The number of rotatable bonds is 7. The number of aryl methyl sites for hydroxylation is 3. The molecule has 3 N–H and O–H groups in total. The van der Waals surface area contributed by atoms with E-state index in [1.165, 1.54) is 31.4 Å². The second-order valence-electron chi connectivity index (χ2n) is 8.33. The molecule has 4 rings (SSSR count). The zero-order valence-electron chi connectivity index (χ0n) is 20.6. The zero-order valence-corrected chi connectivity index (χ0v) is 21.5. The molecule has 10 nitrogen and oxygen atoms in total. The Morgan fingerprint density at radius 3 is 2.41 bits per heavy atom. The third-order valence-electron chi connectivity index (χ3n) is 5.40. The number of amides is 1. The van der Waals surface area contributed by atoms with Crippen molar-refractivity contribution in [1.82, 2.24) is 19.7 Å². The number of sulfonamides is 1. The van der Waals surface area contributed by atoms with Crippen molar-refractivity contribution in [3.05, 3.63) is 83.2 Å². The molecular formula is C26H31N5O5S. The Hall–Kier alpha value is -4.51. The number of aromatic nitrogens is 3. The highest BCUT2D eigenvalue weighted by Crippen LogP contribution is 2.33. The van der Waals surface area contributed by atoms with Crippen LogP contribution in [-0.2, 0) is 10.0 Å². The van der Waals surface area contributed by atoms with Gasteiger partial charge in [0.25, 0.3) is 15.9 Å². The van der Waals surface area contributed by atoms with Crippen LogP contribution in [0.5, 0.6) is 17.4 Å². The average molecular weight is 526 g/mol. The van der Waals surface area contributed by atoms with Crippen LogP contribution in [0.2, 0.25) is 0 Å². The van der Waals surface area contributed by atoms with E-state index < -0.39 is 15.9 Å². The molecule has 3 heterocycles. The highest BCUT2D eigenvalue weighted by Gasteiger charge is 2.25. The smallest absolute Gasteiger partial charge is 0.281 e. The molecule has 11 heteroatoms. The minimum atomic E-state index is -4.31. The predicted molar refractivity (Wildman–Crippen MR) is 144 cm³/mol. The van der Waals surface area contributed by atoms with Gasteiger partial charge in [-0.2, -0.15) is 8.42 Å². The number of nitrogens with two attached hydrogens (primary N) is 1. The molecule has 0 aliphatic carbocycles. The summed E-state index contributed by atoms with van der Waals surface area (Å²) in [6.07, 6.45) is 3.14. The molecule has 4 aromatic rings. The van der Waals surface area contributed by atoms with Crippen LogP contribution in [-0.4, -0.2) is 36.4 Å². The highest BCUT2D eigenvalue weighted by atomic mass is 32.2. The lowest BCUT2D eigenvalue weighted by Gasteiger charge is -2.16. The summed E-state index contributed by atoms with van der Waals surface area (Å²) >= 11 is 0. The van der Waals surface area contributed by atoms with E-state index >= 15 is 0 Å². The second kappa shape index (κ2) is 10.2. The molecule has 1 aromatic carbocycles. The third kappa shape index (κ3) is 5.67. The first kappa shape index (κ1) is 25.6. The number of anilines is 1. The maximum Gasteiger partial charge on any atom is 0.281 e. The Balaban J connectivity index is 0.00000267. The summed E-state index contributed by atoms with van der Waals surface area (Å²) in [5.74, 6) is 0.0126. The molecule has 37 heavy (non-hydrogen) atoms. The van der Waals surface area contributed by atoms with Crippen LogP contribution in [0.4, 0.5) is 5.82 Å². The van der Waals surface area contributed by atoms with Crippen LogP contribution in [0.1, 0.15) is 31.3 Å². The summed E-state index contributed by atoms with van der Waals surface area (Å²) in [6.45, 7) is 5.72. The summed E-state index contributed by atoms with van der Waals surface area (Å²) in [5, 5.41) is -0.388. The Labute approximate surface area is 219 Å². The van der Waals surface area contributed by atoms with Gasteiger partial charge in [-0.15, -0.1) is 0 Å². The predicted octanol–water partition coefficient (Wildman–Crippen LogP) is 4.70. The van der Waals surface area contributed by atoms with E-state index in [1.54, 1.807) is 24.5 Å². The van der Waals surface area contributed by atoms with E-state index in [0.717, 1.165) is 16.7 Å². The number of nitrogens with zero attached hydrogens (tertiary/aromatic N) is 3. The van der Waals surface area contributed by atoms with Crippen molar-refractivity contribution >= 4 is 21.7 Å². The third-order valence-corrected chi connectivity index (χ3v) is 6.63. The molecule has 0 atom stereocenters. The number of nitrogen functional groups attached to an aromatic ring is 1. The normalized spacial score (nSPS) is 11.1. The van der Waals surface area contributed by atoms with Gasteiger partial charge in [-0.05, 0) is 62.2 Å². The summed E-state index contributed by atoms with van der Waals surface area (Å²) < 4.78 is 39.0. The minimum Gasteiger partial charge on any atom is -0.495 e. The van der Waals surface area contributed by atoms with Crippen LogP contribution in [0.15, 0.2) is 66.0 Å². The number of carbonyl (C=O) groups excluding carboxylic acids is 1. The Morgan fingerprint density at radius 2 is 1.73 bits per heavy atom. The summed E-state index contributed by atoms with van der Waals surface area (Å²) in [5.41, 5.74) is 9.28. The summed E-state index contributed by atoms with van der Waals surface area (Å²) in [4.78, 5) is 25.7. The number of hydrogen-bond donors (Lipinski definition) is 2. The molecule has 0 radical (unpaired) electrons. The molecule has 0 fully saturated rings. The Kier molecular flexibility index (Phi) is 7.07. The molecular weight excluding hydrogens is 494 g/mol. The van der Waals surface area contributed by atoms with Gasteiger partial charge in [0.2, 0.25) is 5.88 Å². The molecule has 0 spiro atoms. The van der Waals surface area contributed by atoms with Crippen molar-refractivity contribution < 1.29 is 27.0 Å². The molecule has 1 amide bonds. The number of ether oxygens (including phenoxy) is 2. The maximum atomic E-state index is 13.2. The van der Waals surface area contributed by atoms with E-state index in [2.05, 4.69) is 15.0 Å². The number of methoxy groups -OCH3 is 1. The molecule has 0 aliphatic rings. The first-order chi connectivity index (χ1) is 17.6. The van der Waals surface area contributed by atoms with Gasteiger partial charge in [0.15, 0.2) is 5.03 Å². The topological polar surface area (TPSA) is 146 Å². The van der Waals surface area contributed by atoms with E-state index in [1.807, 2.05) is 37.6 Å². The van der Waals surface area contributed by atoms with Crippen LogP contribution < -0.4 is 19.9 Å². The van der Waals surface area contributed by atoms with Crippen molar-refractivity contribution in [3.63, 3.8) is 0 Å². The lowest BCUT2D eigenvalue weighted by molar-refractivity contribution is 0.0978. The number of hydrogen-bond acceptors (Lipinski definition) is 9. The molecule has 0 unspecified atom stereocenters.